The topological polar surface area (TPSA) is 110 Å². The van der Waals surface area contributed by atoms with Gasteiger partial charge in [0.25, 0.3) is 0 Å². The van der Waals surface area contributed by atoms with Crippen molar-refractivity contribution >= 4 is 27.4 Å². The molecule has 0 spiro atoms. The van der Waals surface area contributed by atoms with Crippen molar-refractivity contribution in [2.75, 3.05) is 18.4 Å². The summed E-state index contributed by atoms with van der Waals surface area (Å²) in [7, 11) is -3.61. The minimum atomic E-state index is -3.61. The van der Waals surface area contributed by atoms with E-state index in [1.807, 2.05) is 0 Å². The van der Waals surface area contributed by atoms with Gasteiger partial charge in [-0.3, -0.25) is 9.59 Å². The van der Waals surface area contributed by atoms with Gasteiger partial charge in [-0.2, -0.15) is 4.31 Å². The van der Waals surface area contributed by atoms with Crippen LogP contribution in [0.25, 0.3) is 0 Å². The molecule has 1 aromatic carbocycles. The van der Waals surface area contributed by atoms with Crippen molar-refractivity contribution < 1.29 is 22.5 Å². The van der Waals surface area contributed by atoms with Crippen LogP contribution in [-0.2, 0) is 14.8 Å². The van der Waals surface area contributed by atoms with Gasteiger partial charge in [-0.25, -0.2) is 8.42 Å². The molecule has 1 saturated heterocycles. The first-order chi connectivity index (χ1) is 14.8. The van der Waals surface area contributed by atoms with Gasteiger partial charge in [0, 0.05) is 44.1 Å². The van der Waals surface area contributed by atoms with Crippen LogP contribution in [0.5, 0.6) is 0 Å². The third kappa shape index (κ3) is 4.88. The maximum Gasteiger partial charge on any atom is 0.243 e. The third-order valence-electron chi connectivity index (χ3n) is 6.18. The quantitative estimate of drug-likeness (QED) is 0.653. The van der Waals surface area contributed by atoms with E-state index in [1.54, 1.807) is 18.2 Å². The molecular formula is C22H27N3O5S. The summed E-state index contributed by atoms with van der Waals surface area (Å²) < 4.78 is 32.6. The van der Waals surface area contributed by atoms with Crippen LogP contribution in [0.15, 0.2) is 39.8 Å². The molecule has 1 aliphatic carbocycles. The van der Waals surface area contributed by atoms with Crippen molar-refractivity contribution in [2.24, 2.45) is 5.92 Å². The molecule has 4 rings (SSSR count). The highest BCUT2D eigenvalue weighted by atomic mass is 32.2. The Kier molecular flexibility index (Phi) is 6.24. The monoisotopic (exact) mass is 445 g/mol. The number of carbonyl (C=O) groups is 2. The smallest absolute Gasteiger partial charge is 0.243 e. The van der Waals surface area contributed by atoms with E-state index < -0.39 is 10.0 Å². The molecule has 9 heteroatoms. The van der Waals surface area contributed by atoms with Gasteiger partial charge in [-0.1, -0.05) is 11.6 Å². The maximum absolute atomic E-state index is 12.9. The van der Waals surface area contributed by atoms with E-state index in [0.29, 0.717) is 49.7 Å². The second-order valence-electron chi connectivity index (χ2n) is 8.42. The Morgan fingerprint density at radius 1 is 1.13 bits per heavy atom. The van der Waals surface area contributed by atoms with Crippen LogP contribution in [0.3, 0.4) is 0 Å². The van der Waals surface area contributed by atoms with Gasteiger partial charge in [0.15, 0.2) is 5.78 Å². The molecule has 0 radical (unpaired) electrons. The molecule has 31 heavy (non-hydrogen) atoms. The molecule has 2 fully saturated rings. The minimum Gasteiger partial charge on any atom is -0.360 e. The molecule has 0 unspecified atom stereocenters. The number of anilines is 1. The number of nitrogens with one attached hydrogen (secondary N) is 1. The zero-order chi connectivity index (χ0) is 22.0. The van der Waals surface area contributed by atoms with Gasteiger partial charge in [0.05, 0.1) is 4.90 Å². The van der Waals surface area contributed by atoms with E-state index >= 15 is 0 Å². The number of amides is 1. The number of rotatable bonds is 7. The lowest BCUT2D eigenvalue weighted by molar-refractivity contribution is -0.114. The van der Waals surface area contributed by atoms with Crippen LogP contribution >= 0.6 is 0 Å². The molecule has 0 bridgehead atoms. The van der Waals surface area contributed by atoms with Crippen molar-refractivity contribution in [3.8, 4) is 0 Å². The average Bonchev–Trinajstić information content (AvgIpc) is 3.16. The fraction of sp³-hybridized carbons (Fsp3) is 0.500. The van der Waals surface area contributed by atoms with Gasteiger partial charge in [0.1, 0.15) is 11.5 Å². The Morgan fingerprint density at radius 3 is 2.39 bits per heavy atom. The fourth-order valence-corrected chi connectivity index (χ4v) is 5.56. The molecule has 8 nitrogen and oxygen atoms in total. The van der Waals surface area contributed by atoms with Crippen molar-refractivity contribution in [1.29, 1.82) is 0 Å². The molecule has 1 aromatic heterocycles. The summed E-state index contributed by atoms with van der Waals surface area (Å²) in [6.07, 6.45) is 4.98. The molecular weight excluding hydrogens is 418 g/mol. The fourth-order valence-electron chi connectivity index (χ4n) is 4.09. The van der Waals surface area contributed by atoms with Gasteiger partial charge in [0.2, 0.25) is 15.9 Å². The van der Waals surface area contributed by atoms with E-state index in [0.717, 1.165) is 18.6 Å². The summed E-state index contributed by atoms with van der Waals surface area (Å²) in [6, 6.07) is 7.93. The number of aromatic nitrogens is 1. The maximum atomic E-state index is 12.9. The number of ketones is 1. The Labute approximate surface area is 182 Å². The zero-order valence-corrected chi connectivity index (χ0v) is 18.4. The molecule has 0 atom stereocenters. The summed E-state index contributed by atoms with van der Waals surface area (Å²) in [4.78, 5) is 23.9. The largest absolute Gasteiger partial charge is 0.360 e. The van der Waals surface area contributed by atoms with Crippen LogP contribution < -0.4 is 5.32 Å². The Morgan fingerprint density at radius 2 is 1.81 bits per heavy atom. The summed E-state index contributed by atoms with van der Waals surface area (Å²) >= 11 is 0. The van der Waals surface area contributed by atoms with Crippen molar-refractivity contribution in [3.05, 3.63) is 41.8 Å². The Balaban J connectivity index is 1.31. The molecule has 2 aromatic rings. The number of hydrogen-bond donors (Lipinski definition) is 1. The number of Topliss-reactive ketones (excluding diaryl/α,β-unsaturated/α-hetero) is 1. The number of carbonyl (C=O) groups excluding carboxylic acids is 2. The number of nitrogens with zero attached hydrogens (tertiary/aromatic N) is 2. The summed E-state index contributed by atoms with van der Waals surface area (Å²) in [5.74, 6) is 1.08. The van der Waals surface area contributed by atoms with Crippen molar-refractivity contribution in [1.82, 2.24) is 9.46 Å². The van der Waals surface area contributed by atoms with Crippen molar-refractivity contribution in [2.45, 2.75) is 56.3 Å². The van der Waals surface area contributed by atoms with E-state index in [9.17, 15) is 18.0 Å². The number of sulfonamides is 1. The van der Waals surface area contributed by atoms with Crippen LogP contribution in [0.1, 0.15) is 67.6 Å². The lowest BCUT2D eigenvalue weighted by Crippen LogP contribution is -2.38. The van der Waals surface area contributed by atoms with Crippen LogP contribution in [0, 0.1) is 5.92 Å². The van der Waals surface area contributed by atoms with Crippen LogP contribution in [0.2, 0.25) is 0 Å². The van der Waals surface area contributed by atoms with Crippen LogP contribution in [0.4, 0.5) is 5.69 Å². The zero-order valence-electron chi connectivity index (χ0n) is 17.5. The number of benzene rings is 1. The highest BCUT2D eigenvalue weighted by Crippen LogP contribution is 2.36. The van der Waals surface area contributed by atoms with E-state index in [-0.39, 0.29) is 22.5 Å². The second kappa shape index (κ2) is 8.92. The average molecular weight is 446 g/mol. The van der Waals surface area contributed by atoms with E-state index in [1.165, 1.54) is 29.8 Å². The summed E-state index contributed by atoms with van der Waals surface area (Å²) in [6.45, 7) is 2.15. The molecule has 2 aliphatic rings. The first kappa shape index (κ1) is 21.7. The summed E-state index contributed by atoms with van der Waals surface area (Å²) in [5.41, 5.74) is 0.938. The molecule has 1 N–H and O–H groups in total. The highest BCUT2D eigenvalue weighted by molar-refractivity contribution is 7.89. The highest BCUT2D eigenvalue weighted by Gasteiger charge is 2.31. The standard InChI is InChI=1S/C22H27N3O5S/c1-15(26)23-18-5-7-19(8-6-18)31(28,29)25-11-9-16(10-12-25)13-21(27)20-14-22(30-24-20)17-3-2-4-17/h5-8,14,16-17H,2-4,9-13H2,1H3,(H,23,26). The van der Waals surface area contributed by atoms with E-state index in [2.05, 4.69) is 10.5 Å². The number of hydrogen-bond acceptors (Lipinski definition) is 6. The Bertz CT molecular complexity index is 1050. The molecule has 1 aliphatic heterocycles. The second-order valence-corrected chi connectivity index (χ2v) is 10.4. The molecule has 2 heterocycles. The lowest BCUT2D eigenvalue weighted by Gasteiger charge is -2.30. The van der Waals surface area contributed by atoms with Crippen LogP contribution in [-0.4, -0.2) is 42.7 Å². The van der Waals surface area contributed by atoms with Gasteiger partial charge >= 0.3 is 0 Å². The van der Waals surface area contributed by atoms with Gasteiger partial charge in [-0.05, 0) is 55.9 Å². The van der Waals surface area contributed by atoms with Gasteiger partial charge in [-0.15, -0.1) is 0 Å². The molecule has 166 valence electrons. The predicted molar refractivity (Wildman–Crippen MR) is 114 cm³/mol. The third-order valence-corrected chi connectivity index (χ3v) is 8.09. The van der Waals surface area contributed by atoms with Crippen molar-refractivity contribution in [3.63, 3.8) is 0 Å². The predicted octanol–water partition coefficient (Wildman–Crippen LogP) is 3.57. The molecule has 1 amide bonds. The lowest BCUT2D eigenvalue weighted by atomic mass is 9.83. The normalized spacial score (nSPS) is 18.5. The minimum absolute atomic E-state index is 0.0378. The first-order valence-electron chi connectivity index (χ1n) is 10.7. The molecule has 1 saturated carbocycles. The summed E-state index contributed by atoms with van der Waals surface area (Å²) in [5, 5.41) is 6.57. The van der Waals surface area contributed by atoms with Gasteiger partial charge < -0.3 is 9.84 Å². The van der Waals surface area contributed by atoms with E-state index in [4.69, 9.17) is 4.52 Å². The Hall–Kier alpha value is -2.52. The first-order valence-corrected chi connectivity index (χ1v) is 12.1. The SMILES string of the molecule is CC(=O)Nc1ccc(S(=O)(=O)N2CCC(CC(=O)c3cc(C4CCC4)on3)CC2)cc1. The number of piperidine rings is 1.